The normalized spacial score (nSPS) is 15.9. The third kappa shape index (κ3) is 5.17. The van der Waals surface area contributed by atoms with E-state index >= 15 is 0 Å². The van der Waals surface area contributed by atoms with E-state index in [1.807, 2.05) is 0 Å². The van der Waals surface area contributed by atoms with Gasteiger partial charge in [-0.3, -0.25) is 4.79 Å². The Balaban J connectivity index is 1.76. The lowest BCUT2D eigenvalue weighted by molar-refractivity contribution is -0.118. The fraction of sp³-hybridized carbons (Fsp3) is 0.562. The number of hydrogen-bond donors (Lipinski definition) is 2. The van der Waals surface area contributed by atoms with E-state index in [0.29, 0.717) is 17.8 Å². The van der Waals surface area contributed by atoms with Crippen molar-refractivity contribution in [2.45, 2.75) is 50.1 Å². The molecule has 0 aliphatic heterocycles. The van der Waals surface area contributed by atoms with Crippen molar-refractivity contribution in [3.63, 3.8) is 0 Å². The smallest absolute Gasteiger partial charge is 0.230 e. The van der Waals surface area contributed by atoms with Crippen molar-refractivity contribution in [3.8, 4) is 0 Å². The molecule has 2 rings (SSSR count). The van der Waals surface area contributed by atoms with E-state index in [2.05, 4.69) is 48.7 Å². The fourth-order valence-corrected chi connectivity index (χ4v) is 2.69. The van der Waals surface area contributed by atoms with Gasteiger partial charge in [-0.2, -0.15) is 0 Å². The summed E-state index contributed by atoms with van der Waals surface area (Å²) in [4.78, 5) is 12.8. The molecule has 1 fully saturated rings. The van der Waals surface area contributed by atoms with E-state index in [1.54, 1.807) is 11.8 Å². The summed E-state index contributed by atoms with van der Waals surface area (Å²) in [6.07, 6.45) is 3.44. The number of carbonyl (C=O) groups excluding carboxylic acids is 1. The number of rotatable bonds is 8. The first-order valence-electron chi connectivity index (χ1n) is 7.44. The molecular weight excluding hydrogens is 268 g/mol. The van der Waals surface area contributed by atoms with E-state index in [4.69, 9.17) is 0 Å². The molecule has 1 atom stereocenters. The summed E-state index contributed by atoms with van der Waals surface area (Å²) in [6, 6.07) is 9.34. The van der Waals surface area contributed by atoms with Gasteiger partial charge in [0.25, 0.3) is 0 Å². The van der Waals surface area contributed by atoms with Gasteiger partial charge in [-0.25, -0.2) is 0 Å². The molecule has 3 nitrogen and oxygen atoms in total. The monoisotopic (exact) mass is 292 g/mol. The molecule has 0 saturated heterocycles. The van der Waals surface area contributed by atoms with E-state index < -0.39 is 0 Å². The molecule has 1 aliphatic rings. The minimum atomic E-state index is 0.152. The van der Waals surface area contributed by atoms with Crippen LogP contribution in [0.1, 0.15) is 44.7 Å². The van der Waals surface area contributed by atoms with Crippen molar-refractivity contribution < 1.29 is 4.79 Å². The van der Waals surface area contributed by atoms with Crippen molar-refractivity contribution in [2.24, 2.45) is 0 Å². The van der Waals surface area contributed by atoms with Crippen molar-refractivity contribution >= 4 is 17.7 Å². The number of carbonyl (C=O) groups is 1. The molecule has 0 radical (unpaired) electrons. The van der Waals surface area contributed by atoms with E-state index in [1.165, 1.54) is 5.56 Å². The van der Waals surface area contributed by atoms with Crippen LogP contribution in [0, 0.1) is 0 Å². The summed E-state index contributed by atoms with van der Waals surface area (Å²) < 4.78 is 0. The summed E-state index contributed by atoms with van der Waals surface area (Å²) in [7, 11) is 0. The Morgan fingerprint density at radius 2 is 2.05 bits per heavy atom. The van der Waals surface area contributed by atoms with Gasteiger partial charge < -0.3 is 10.6 Å². The number of nitrogens with one attached hydrogen (secondary N) is 2. The number of amides is 1. The zero-order valence-corrected chi connectivity index (χ0v) is 13.1. The minimum Gasteiger partial charge on any atom is -0.353 e. The maximum atomic E-state index is 11.6. The molecule has 110 valence electrons. The highest BCUT2D eigenvalue weighted by Gasteiger charge is 2.22. The van der Waals surface area contributed by atoms with E-state index in [9.17, 15) is 4.79 Å². The summed E-state index contributed by atoms with van der Waals surface area (Å²) in [6.45, 7) is 5.39. The fourth-order valence-electron chi connectivity index (χ4n) is 1.98. The highest BCUT2D eigenvalue weighted by Crippen LogP contribution is 2.22. The number of benzene rings is 1. The lowest BCUT2D eigenvalue weighted by Crippen LogP contribution is -2.26. The molecule has 1 aliphatic carbocycles. The molecule has 1 saturated carbocycles. The predicted octanol–water partition coefficient (Wildman–Crippen LogP) is 3.12. The van der Waals surface area contributed by atoms with Gasteiger partial charge in [-0.15, -0.1) is 11.8 Å². The Morgan fingerprint density at radius 3 is 2.65 bits per heavy atom. The van der Waals surface area contributed by atoms with Crippen LogP contribution < -0.4 is 10.6 Å². The molecule has 4 heteroatoms. The quantitative estimate of drug-likeness (QED) is 0.723. The van der Waals surface area contributed by atoms with Gasteiger partial charge in [0.1, 0.15) is 0 Å². The van der Waals surface area contributed by atoms with E-state index in [-0.39, 0.29) is 5.91 Å². The Hall–Kier alpha value is -1.00. The van der Waals surface area contributed by atoms with Crippen LogP contribution in [0.25, 0.3) is 0 Å². The molecule has 0 heterocycles. The third-order valence-electron chi connectivity index (χ3n) is 3.39. The van der Waals surface area contributed by atoms with E-state index in [0.717, 1.165) is 30.7 Å². The van der Waals surface area contributed by atoms with Crippen molar-refractivity contribution in [3.05, 3.63) is 29.8 Å². The Bertz CT molecular complexity index is 429. The number of hydrogen-bond acceptors (Lipinski definition) is 3. The maximum absolute atomic E-state index is 11.6. The van der Waals surface area contributed by atoms with Crippen LogP contribution in [0.15, 0.2) is 29.2 Å². The summed E-state index contributed by atoms with van der Waals surface area (Å²) >= 11 is 1.60. The largest absolute Gasteiger partial charge is 0.353 e. The predicted molar refractivity (Wildman–Crippen MR) is 85.0 cm³/mol. The Morgan fingerprint density at radius 1 is 1.35 bits per heavy atom. The second kappa shape index (κ2) is 7.70. The second-order valence-electron chi connectivity index (χ2n) is 5.38. The molecule has 1 unspecified atom stereocenters. The first-order chi connectivity index (χ1) is 9.69. The summed E-state index contributed by atoms with van der Waals surface area (Å²) in [5, 5.41) is 6.48. The van der Waals surface area contributed by atoms with Crippen LogP contribution in [0.4, 0.5) is 0 Å². The number of thioether (sulfide) groups is 1. The van der Waals surface area contributed by atoms with Gasteiger partial charge in [0.05, 0.1) is 5.75 Å². The first kappa shape index (κ1) is 15.4. The van der Waals surface area contributed by atoms with Crippen LogP contribution in [0.5, 0.6) is 0 Å². The molecule has 2 N–H and O–H groups in total. The van der Waals surface area contributed by atoms with Gasteiger partial charge in [0.2, 0.25) is 5.91 Å². The Labute approximate surface area is 125 Å². The molecular formula is C16H24N2OS. The SMILES string of the molecule is CCCNC(C)c1ccc(SCC(=O)NC2CC2)cc1. The lowest BCUT2D eigenvalue weighted by Gasteiger charge is -2.14. The topological polar surface area (TPSA) is 41.1 Å². The zero-order chi connectivity index (χ0) is 14.4. The summed E-state index contributed by atoms with van der Waals surface area (Å²) in [5.41, 5.74) is 1.30. The summed E-state index contributed by atoms with van der Waals surface area (Å²) in [5.74, 6) is 0.666. The van der Waals surface area contributed by atoms with Crippen LogP contribution in [0.3, 0.4) is 0 Å². The molecule has 0 aromatic heterocycles. The molecule has 20 heavy (non-hydrogen) atoms. The van der Waals surface area contributed by atoms with Crippen molar-refractivity contribution in [1.82, 2.24) is 10.6 Å². The first-order valence-corrected chi connectivity index (χ1v) is 8.43. The van der Waals surface area contributed by atoms with Crippen LogP contribution in [-0.4, -0.2) is 24.2 Å². The average molecular weight is 292 g/mol. The standard InChI is InChI=1S/C16H24N2OS/c1-3-10-17-12(2)13-4-8-15(9-5-13)20-11-16(19)18-14-6-7-14/h4-5,8-9,12,14,17H,3,6-7,10-11H2,1-2H3,(H,18,19). The van der Waals surface area contributed by atoms with Gasteiger partial charge in [0.15, 0.2) is 0 Å². The average Bonchev–Trinajstić information content (AvgIpc) is 3.27. The maximum Gasteiger partial charge on any atom is 0.230 e. The highest BCUT2D eigenvalue weighted by atomic mass is 32.2. The van der Waals surface area contributed by atoms with Gasteiger partial charge in [-0.1, -0.05) is 19.1 Å². The molecule has 1 amide bonds. The Kier molecular flexibility index (Phi) is 5.92. The zero-order valence-electron chi connectivity index (χ0n) is 12.3. The molecule has 1 aromatic rings. The van der Waals surface area contributed by atoms with Crippen LogP contribution in [0.2, 0.25) is 0 Å². The van der Waals surface area contributed by atoms with Crippen molar-refractivity contribution in [1.29, 1.82) is 0 Å². The van der Waals surface area contributed by atoms with Gasteiger partial charge in [-0.05, 0) is 50.4 Å². The van der Waals surface area contributed by atoms with Gasteiger partial charge >= 0.3 is 0 Å². The molecule has 0 bridgehead atoms. The minimum absolute atomic E-state index is 0.152. The lowest BCUT2D eigenvalue weighted by atomic mass is 10.1. The van der Waals surface area contributed by atoms with Crippen LogP contribution >= 0.6 is 11.8 Å². The molecule has 0 spiro atoms. The highest BCUT2D eigenvalue weighted by molar-refractivity contribution is 8.00. The van der Waals surface area contributed by atoms with Gasteiger partial charge in [0, 0.05) is 17.0 Å². The van der Waals surface area contributed by atoms with Crippen LogP contribution in [-0.2, 0) is 4.79 Å². The molecule has 1 aromatic carbocycles. The second-order valence-corrected chi connectivity index (χ2v) is 6.42. The third-order valence-corrected chi connectivity index (χ3v) is 4.41. The van der Waals surface area contributed by atoms with Crippen molar-refractivity contribution in [2.75, 3.05) is 12.3 Å².